The Bertz CT molecular complexity index is 1520. The maximum atomic E-state index is 13.9. The van der Waals surface area contributed by atoms with E-state index in [4.69, 9.17) is 21.1 Å². The minimum absolute atomic E-state index is 0.259. The number of para-hydroxylation sites is 2. The molecule has 1 aromatic heterocycles. The molecule has 2 heterocycles. The molecule has 0 saturated heterocycles. The van der Waals surface area contributed by atoms with Crippen LogP contribution >= 0.6 is 27.5 Å². The number of nitrogens with one attached hydrogen (secondary N) is 2. The number of hydrogen-bond acceptors (Lipinski definition) is 6. The Labute approximate surface area is 233 Å². The van der Waals surface area contributed by atoms with Crippen LogP contribution in [-0.2, 0) is 11.4 Å². The summed E-state index contributed by atoms with van der Waals surface area (Å²) in [6.07, 6.45) is 1.45. The van der Waals surface area contributed by atoms with Crippen LogP contribution in [-0.4, -0.2) is 27.3 Å². The van der Waals surface area contributed by atoms with Crippen molar-refractivity contribution < 1.29 is 14.3 Å². The molecule has 1 amide bonds. The van der Waals surface area contributed by atoms with Crippen LogP contribution in [0.5, 0.6) is 11.5 Å². The van der Waals surface area contributed by atoms with E-state index in [0.717, 1.165) is 15.6 Å². The molecule has 5 rings (SSSR count). The van der Waals surface area contributed by atoms with Gasteiger partial charge in [-0.05, 0) is 50.2 Å². The Morgan fingerprint density at radius 3 is 2.71 bits per heavy atom. The van der Waals surface area contributed by atoms with E-state index in [1.165, 1.54) is 6.33 Å². The number of hydrogen-bond donors (Lipinski definition) is 2. The number of fused-ring (bicyclic) bond motifs is 1. The summed E-state index contributed by atoms with van der Waals surface area (Å²) < 4.78 is 14.5. The largest absolute Gasteiger partial charge is 0.492 e. The fourth-order valence-electron chi connectivity index (χ4n) is 4.35. The van der Waals surface area contributed by atoms with E-state index in [-0.39, 0.29) is 12.5 Å². The second kappa shape index (κ2) is 11.3. The topological polar surface area (TPSA) is 90.3 Å². The summed E-state index contributed by atoms with van der Waals surface area (Å²) in [5, 5.41) is 11.3. The van der Waals surface area contributed by atoms with Gasteiger partial charge in [0.15, 0.2) is 0 Å². The Balaban J connectivity index is 1.55. The monoisotopic (exact) mass is 593 g/mol. The Kier molecular flexibility index (Phi) is 7.67. The number of anilines is 2. The number of allylic oxidation sites excluding steroid dienone is 1. The van der Waals surface area contributed by atoms with Crippen molar-refractivity contribution in [3.05, 3.63) is 105 Å². The first kappa shape index (κ1) is 25.8. The van der Waals surface area contributed by atoms with Crippen LogP contribution < -0.4 is 20.1 Å². The maximum Gasteiger partial charge on any atom is 0.255 e. The normalized spacial score (nSPS) is 14.5. The molecule has 0 radical (unpaired) electrons. The fraction of sp³-hybridized carbons (Fsp3) is 0.179. The van der Waals surface area contributed by atoms with Gasteiger partial charge in [-0.2, -0.15) is 10.1 Å². The zero-order valence-corrected chi connectivity index (χ0v) is 23.1. The van der Waals surface area contributed by atoms with Crippen LogP contribution in [0.25, 0.3) is 0 Å². The summed E-state index contributed by atoms with van der Waals surface area (Å²) in [5.41, 5.74) is 3.29. The Hall–Kier alpha value is -3.82. The van der Waals surface area contributed by atoms with Crippen LogP contribution in [0.4, 0.5) is 11.6 Å². The quantitative estimate of drug-likeness (QED) is 0.239. The van der Waals surface area contributed by atoms with Gasteiger partial charge in [0.1, 0.15) is 30.5 Å². The van der Waals surface area contributed by atoms with Crippen LogP contribution in [0, 0.1) is 0 Å². The smallest absolute Gasteiger partial charge is 0.255 e. The van der Waals surface area contributed by atoms with E-state index in [2.05, 4.69) is 36.6 Å². The standard InChI is InChI=1S/C28H25BrClN5O3/c1-3-37-24-11-7-6-10-22(24)34-27(36)25-17(2)33-28-31-16-32-35(28)26(25)20-14-19(29)12-13-23(20)38-15-18-8-4-5-9-21(18)30/h4-14,16,26H,3,15H2,1-2H3,(H,34,36)(H,31,32,33). The number of rotatable bonds is 8. The fourth-order valence-corrected chi connectivity index (χ4v) is 4.92. The molecule has 194 valence electrons. The molecule has 0 bridgehead atoms. The van der Waals surface area contributed by atoms with Gasteiger partial charge in [-0.1, -0.05) is 57.9 Å². The maximum absolute atomic E-state index is 13.9. The van der Waals surface area contributed by atoms with Crippen molar-refractivity contribution >= 4 is 45.1 Å². The highest BCUT2D eigenvalue weighted by Gasteiger charge is 2.35. The van der Waals surface area contributed by atoms with E-state index in [0.29, 0.717) is 46.0 Å². The molecule has 0 fully saturated rings. The molecule has 0 saturated carbocycles. The van der Waals surface area contributed by atoms with E-state index >= 15 is 0 Å². The highest BCUT2D eigenvalue weighted by Crippen LogP contribution is 2.41. The van der Waals surface area contributed by atoms with Crippen molar-refractivity contribution in [3.63, 3.8) is 0 Å². The zero-order chi connectivity index (χ0) is 26.6. The lowest BCUT2D eigenvalue weighted by Gasteiger charge is -2.30. The van der Waals surface area contributed by atoms with Gasteiger partial charge in [0.2, 0.25) is 5.95 Å². The molecule has 3 aromatic carbocycles. The minimum atomic E-state index is -0.619. The minimum Gasteiger partial charge on any atom is -0.492 e. The van der Waals surface area contributed by atoms with Gasteiger partial charge in [0, 0.05) is 26.3 Å². The van der Waals surface area contributed by atoms with Crippen LogP contribution in [0.1, 0.15) is 31.0 Å². The molecule has 1 atom stereocenters. The Morgan fingerprint density at radius 1 is 1.11 bits per heavy atom. The first-order chi connectivity index (χ1) is 18.5. The third-order valence-electron chi connectivity index (χ3n) is 6.08. The van der Waals surface area contributed by atoms with Gasteiger partial charge < -0.3 is 20.1 Å². The van der Waals surface area contributed by atoms with E-state index < -0.39 is 6.04 Å². The molecule has 1 aliphatic heterocycles. The van der Waals surface area contributed by atoms with Gasteiger partial charge >= 0.3 is 0 Å². The van der Waals surface area contributed by atoms with Crippen molar-refractivity contribution in [1.82, 2.24) is 14.8 Å². The van der Waals surface area contributed by atoms with Gasteiger partial charge in [0.25, 0.3) is 5.91 Å². The zero-order valence-electron chi connectivity index (χ0n) is 20.7. The average Bonchev–Trinajstić information content (AvgIpc) is 3.37. The molecule has 0 spiro atoms. The first-order valence-corrected chi connectivity index (χ1v) is 13.2. The van der Waals surface area contributed by atoms with E-state index in [9.17, 15) is 4.79 Å². The second-order valence-corrected chi connectivity index (χ2v) is 9.86. The number of carbonyl (C=O) groups is 1. The van der Waals surface area contributed by atoms with Gasteiger partial charge in [-0.25, -0.2) is 4.68 Å². The van der Waals surface area contributed by atoms with Gasteiger partial charge in [-0.15, -0.1) is 0 Å². The summed E-state index contributed by atoms with van der Waals surface area (Å²) in [5.74, 6) is 1.41. The van der Waals surface area contributed by atoms with Gasteiger partial charge in [-0.3, -0.25) is 4.79 Å². The molecule has 2 N–H and O–H groups in total. The molecule has 1 aliphatic rings. The summed E-state index contributed by atoms with van der Waals surface area (Å²) in [4.78, 5) is 18.2. The summed E-state index contributed by atoms with van der Waals surface area (Å²) in [7, 11) is 0. The molecule has 4 aromatic rings. The predicted molar refractivity (Wildman–Crippen MR) is 151 cm³/mol. The third-order valence-corrected chi connectivity index (χ3v) is 6.94. The highest BCUT2D eigenvalue weighted by atomic mass is 79.9. The van der Waals surface area contributed by atoms with E-state index in [1.807, 2.05) is 80.6 Å². The first-order valence-electron chi connectivity index (χ1n) is 12.0. The number of halogens is 2. The summed E-state index contributed by atoms with van der Waals surface area (Å²) in [6.45, 7) is 4.48. The number of nitrogens with zero attached hydrogens (tertiary/aromatic N) is 3. The lowest BCUT2D eigenvalue weighted by Crippen LogP contribution is -2.32. The molecular weight excluding hydrogens is 570 g/mol. The highest BCUT2D eigenvalue weighted by molar-refractivity contribution is 9.10. The van der Waals surface area contributed by atoms with Crippen molar-refractivity contribution in [2.45, 2.75) is 26.5 Å². The molecular formula is C28H25BrClN5O3. The lowest BCUT2D eigenvalue weighted by atomic mass is 9.94. The average molecular weight is 595 g/mol. The molecule has 1 unspecified atom stereocenters. The van der Waals surface area contributed by atoms with Crippen LogP contribution in [0.2, 0.25) is 5.02 Å². The summed E-state index contributed by atoms with van der Waals surface area (Å²) in [6, 6.07) is 19.9. The number of amides is 1. The Morgan fingerprint density at radius 2 is 1.89 bits per heavy atom. The molecule has 38 heavy (non-hydrogen) atoms. The predicted octanol–water partition coefficient (Wildman–Crippen LogP) is 6.60. The lowest BCUT2D eigenvalue weighted by molar-refractivity contribution is -0.113. The van der Waals surface area contributed by atoms with Crippen LogP contribution in [0.15, 0.2) is 88.8 Å². The van der Waals surface area contributed by atoms with Crippen LogP contribution in [0.3, 0.4) is 0 Å². The third kappa shape index (κ3) is 5.25. The molecule has 8 nitrogen and oxygen atoms in total. The van der Waals surface area contributed by atoms with Crippen molar-refractivity contribution in [1.29, 1.82) is 0 Å². The SMILES string of the molecule is CCOc1ccccc1NC(=O)C1=C(C)Nc2ncnn2C1c1cc(Br)ccc1OCc1ccccc1Cl. The molecule has 10 heteroatoms. The number of carbonyl (C=O) groups excluding carboxylic acids is 1. The van der Waals surface area contributed by atoms with Crippen molar-refractivity contribution in [2.24, 2.45) is 0 Å². The number of ether oxygens (including phenoxy) is 2. The van der Waals surface area contributed by atoms with Gasteiger partial charge in [0.05, 0.1) is 17.9 Å². The molecule has 0 aliphatic carbocycles. The summed E-state index contributed by atoms with van der Waals surface area (Å²) >= 11 is 9.95. The van der Waals surface area contributed by atoms with E-state index in [1.54, 1.807) is 4.68 Å². The van der Waals surface area contributed by atoms with Crippen molar-refractivity contribution in [2.75, 3.05) is 17.2 Å². The number of aromatic nitrogens is 3. The number of benzene rings is 3. The van der Waals surface area contributed by atoms with Crippen molar-refractivity contribution in [3.8, 4) is 11.5 Å². The second-order valence-electron chi connectivity index (χ2n) is 8.54.